The van der Waals surface area contributed by atoms with E-state index in [2.05, 4.69) is 4.90 Å². The summed E-state index contributed by atoms with van der Waals surface area (Å²) in [5.41, 5.74) is 0.0707. The molecule has 1 saturated heterocycles. The van der Waals surface area contributed by atoms with Crippen LogP contribution < -0.4 is 0 Å². The standard InChI is InChI=1S/C16H23ClFNO2/c1-3-16(2,19-6-8-21-9-7-19)15(20)11-12-10-13(17)4-5-14(12)18/h4-5,10,15,20H,3,6-9,11H2,1-2H3. The highest BCUT2D eigenvalue weighted by Crippen LogP contribution is 2.28. The molecule has 5 heteroatoms. The zero-order chi connectivity index (χ0) is 15.5. The van der Waals surface area contributed by atoms with Crippen molar-refractivity contribution in [3.8, 4) is 0 Å². The van der Waals surface area contributed by atoms with Crippen molar-refractivity contribution in [2.75, 3.05) is 26.3 Å². The van der Waals surface area contributed by atoms with Gasteiger partial charge in [0.05, 0.1) is 19.3 Å². The van der Waals surface area contributed by atoms with Crippen LogP contribution in [0.2, 0.25) is 5.02 Å². The number of halogens is 2. The lowest BCUT2D eigenvalue weighted by Gasteiger charge is -2.46. The van der Waals surface area contributed by atoms with Crippen molar-refractivity contribution in [3.63, 3.8) is 0 Å². The van der Waals surface area contributed by atoms with Gasteiger partial charge in [0.25, 0.3) is 0 Å². The predicted octanol–water partition coefficient (Wildman–Crippen LogP) is 2.88. The lowest BCUT2D eigenvalue weighted by atomic mass is 9.85. The van der Waals surface area contributed by atoms with Crippen LogP contribution in [0.1, 0.15) is 25.8 Å². The predicted molar refractivity (Wildman–Crippen MR) is 82.2 cm³/mol. The summed E-state index contributed by atoms with van der Waals surface area (Å²) in [7, 11) is 0. The number of rotatable bonds is 5. The van der Waals surface area contributed by atoms with Crippen LogP contribution in [0.15, 0.2) is 18.2 Å². The number of morpholine rings is 1. The first-order valence-corrected chi connectivity index (χ1v) is 7.80. The van der Waals surface area contributed by atoms with Gasteiger partial charge in [0.1, 0.15) is 5.82 Å². The van der Waals surface area contributed by atoms with Crippen LogP contribution in [0.3, 0.4) is 0 Å². The Morgan fingerprint density at radius 1 is 1.43 bits per heavy atom. The first-order chi connectivity index (χ1) is 9.97. The van der Waals surface area contributed by atoms with Crippen LogP contribution in [-0.4, -0.2) is 48.0 Å². The van der Waals surface area contributed by atoms with Crippen molar-refractivity contribution < 1.29 is 14.2 Å². The van der Waals surface area contributed by atoms with Crippen LogP contribution in [0.4, 0.5) is 4.39 Å². The van der Waals surface area contributed by atoms with Crippen molar-refractivity contribution in [2.24, 2.45) is 0 Å². The van der Waals surface area contributed by atoms with E-state index in [1.807, 2.05) is 13.8 Å². The lowest BCUT2D eigenvalue weighted by Crippen LogP contribution is -2.58. The molecule has 2 atom stereocenters. The van der Waals surface area contributed by atoms with E-state index >= 15 is 0 Å². The van der Waals surface area contributed by atoms with Gasteiger partial charge in [-0.2, -0.15) is 0 Å². The minimum atomic E-state index is -0.659. The zero-order valence-electron chi connectivity index (χ0n) is 12.6. The SMILES string of the molecule is CCC(C)(C(O)Cc1cc(Cl)ccc1F)N1CCOCC1. The third-order valence-corrected chi connectivity index (χ3v) is 4.82. The van der Waals surface area contributed by atoms with Crippen molar-refractivity contribution in [2.45, 2.75) is 38.3 Å². The molecule has 0 saturated carbocycles. The summed E-state index contributed by atoms with van der Waals surface area (Å²) >= 11 is 5.92. The Labute approximate surface area is 130 Å². The largest absolute Gasteiger partial charge is 0.391 e. The highest BCUT2D eigenvalue weighted by atomic mass is 35.5. The number of hydrogen-bond donors (Lipinski definition) is 1. The second-order valence-corrected chi connectivity index (χ2v) is 6.20. The second kappa shape index (κ2) is 7.05. The molecular weight excluding hydrogens is 293 g/mol. The molecule has 0 bridgehead atoms. The normalized spacial score (nSPS) is 21.0. The summed E-state index contributed by atoms with van der Waals surface area (Å²) in [5, 5.41) is 11.2. The average Bonchev–Trinajstić information content (AvgIpc) is 2.51. The van der Waals surface area contributed by atoms with Crippen LogP contribution in [0.5, 0.6) is 0 Å². The first kappa shape index (κ1) is 16.7. The maximum absolute atomic E-state index is 13.9. The molecule has 2 unspecified atom stereocenters. The quantitative estimate of drug-likeness (QED) is 0.907. The van der Waals surface area contributed by atoms with Gasteiger partial charge < -0.3 is 9.84 Å². The van der Waals surface area contributed by atoms with Crippen molar-refractivity contribution in [1.82, 2.24) is 4.90 Å². The van der Waals surface area contributed by atoms with Crippen molar-refractivity contribution in [1.29, 1.82) is 0 Å². The van der Waals surface area contributed by atoms with Gasteiger partial charge in [0, 0.05) is 30.1 Å². The number of aliphatic hydroxyl groups excluding tert-OH is 1. The minimum Gasteiger partial charge on any atom is -0.391 e. The highest BCUT2D eigenvalue weighted by molar-refractivity contribution is 6.30. The van der Waals surface area contributed by atoms with Gasteiger partial charge >= 0.3 is 0 Å². The van der Waals surface area contributed by atoms with E-state index < -0.39 is 11.6 Å². The van der Waals surface area contributed by atoms with Crippen LogP contribution in [0, 0.1) is 5.82 Å². The van der Waals surface area contributed by atoms with Crippen LogP contribution in [-0.2, 0) is 11.2 Å². The minimum absolute atomic E-state index is 0.258. The number of benzene rings is 1. The van der Waals surface area contributed by atoms with E-state index in [1.165, 1.54) is 12.1 Å². The first-order valence-electron chi connectivity index (χ1n) is 7.42. The number of hydrogen-bond acceptors (Lipinski definition) is 3. The van der Waals surface area contributed by atoms with Gasteiger partial charge in [-0.3, -0.25) is 4.90 Å². The summed E-state index contributed by atoms with van der Waals surface area (Å²) in [6, 6.07) is 4.46. The van der Waals surface area contributed by atoms with Gasteiger partial charge in [0.15, 0.2) is 0 Å². The molecule has 1 aromatic rings. The van der Waals surface area contributed by atoms with Crippen LogP contribution in [0.25, 0.3) is 0 Å². The van der Waals surface area contributed by atoms with E-state index in [9.17, 15) is 9.50 Å². The van der Waals surface area contributed by atoms with E-state index in [-0.39, 0.29) is 12.2 Å². The second-order valence-electron chi connectivity index (χ2n) is 5.77. The Balaban J connectivity index is 2.15. The molecule has 0 aromatic heterocycles. The average molecular weight is 316 g/mol. The zero-order valence-corrected chi connectivity index (χ0v) is 13.4. The Bertz CT molecular complexity index is 479. The molecule has 1 aromatic carbocycles. The summed E-state index contributed by atoms with van der Waals surface area (Å²) in [5.74, 6) is -0.320. The molecule has 0 radical (unpaired) electrons. The van der Waals surface area contributed by atoms with Crippen molar-refractivity contribution >= 4 is 11.6 Å². The Kier molecular flexibility index (Phi) is 5.60. The third kappa shape index (κ3) is 3.75. The summed E-state index contributed by atoms with van der Waals surface area (Å²) in [6.45, 7) is 7.01. The van der Waals surface area contributed by atoms with Crippen molar-refractivity contribution in [3.05, 3.63) is 34.6 Å². The molecule has 3 nitrogen and oxygen atoms in total. The lowest BCUT2D eigenvalue weighted by molar-refractivity contribution is -0.0716. The topological polar surface area (TPSA) is 32.7 Å². The van der Waals surface area contributed by atoms with Gasteiger partial charge in [-0.05, 0) is 37.1 Å². The van der Waals surface area contributed by atoms with Gasteiger partial charge in [-0.25, -0.2) is 4.39 Å². The Morgan fingerprint density at radius 2 is 2.10 bits per heavy atom. The molecule has 2 rings (SSSR count). The monoisotopic (exact) mass is 315 g/mol. The highest BCUT2D eigenvalue weighted by Gasteiger charge is 2.38. The van der Waals surface area contributed by atoms with Gasteiger partial charge in [-0.15, -0.1) is 0 Å². The maximum Gasteiger partial charge on any atom is 0.126 e. The van der Waals surface area contributed by atoms with E-state index in [0.717, 1.165) is 19.5 Å². The molecule has 0 aliphatic carbocycles. The van der Waals surface area contributed by atoms with E-state index in [0.29, 0.717) is 23.8 Å². The summed E-state index contributed by atoms with van der Waals surface area (Å²) < 4.78 is 19.2. The molecular formula is C16H23ClFNO2. The molecule has 118 valence electrons. The van der Waals surface area contributed by atoms with E-state index in [4.69, 9.17) is 16.3 Å². The summed E-state index contributed by atoms with van der Waals surface area (Å²) in [6.07, 6.45) is 0.387. The summed E-state index contributed by atoms with van der Waals surface area (Å²) in [4.78, 5) is 2.24. The maximum atomic E-state index is 13.9. The number of nitrogens with zero attached hydrogens (tertiary/aromatic N) is 1. The third-order valence-electron chi connectivity index (χ3n) is 4.59. The van der Waals surface area contributed by atoms with Gasteiger partial charge in [-0.1, -0.05) is 18.5 Å². The fraction of sp³-hybridized carbons (Fsp3) is 0.625. The Hall–Kier alpha value is -0.680. The molecule has 1 N–H and O–H groups in total. The molecule has 0 amide bonds. The number of aliphatic hydroxyl groups is 1. The Morgan fingerprint density at radius 3 is 2.71 bits per heavy atom. The molecule has 1 aliphatic rings. The van der Waals surface area contributed by atoms with Crippen LogP contribution >= 0.6 is 11.6 Å². The molecule has 0 spiro atoms. The smallest absolute Gasteiger partial charge is 0.126 e. The molecule has 1 aliphatic heterocycles. The number of ether oxygens (including phenoxy) is 1. The fourth-order valence-electron chi connectivity index (χ4n) is 2.87. The van der Waals surface area contributed by atoms with Gasteiger partial charge in [0.2, 0.25) is 0 Å². The molecule has 21 heavy (non-hydrogen) atoms. The molecule has 1 fully saturated rings. The van der Waals surface area contributed by atoms with E-state index in [1.54, 1.807) is 6.07 Å². The fourth-order valence-corrected chi connectivity index (χ4v) is 3.07. The molecule has 1 heterocycles.